The molecule has 1 aliphatic heterocycles. The second-order valence-electron chi connectivity index (χ2n) is 4.51. The van der Waals surface area contributed by atoms with E-state index in [2.05, 4.69) is 10.6 Å². The van der Waals surface area contributed by atoms with Crippen molar-refractivity contribution in [2.45, 2.75) is 6.42 Å². The van der Waals surface area contributed by atoms with E-state index in [0.717, 1.165) is 24.3 Å². The molecule has 0 radical (unpaired) electrons. The third-order valence-corrected chi connectivity index (χ3v) is 3.18. The molecule has 0 aliphatic carbocycles. The Morgan fingerprint density at radius 2 is 1.95 bits per heavy atom. The first kappa shape index (κ1) is 11.7. The van der Waals surface area contributed by atoms with Crippen molar-refractivity contribution in [3.63, 3.8) is 0 Å². The van der Waals surface area contributed by atoms with Gasteiger partial charge in [-0.25, -0.2) is 4.39 Å². The van der Waals surface area contributed by atoms with E-state index in [9.17, 15) is 9.18 Å². The number of amides is 1. The van der Waals surface area contributed by atoms with Crippen molar-refractivity contribution in [2.24, 2.45) is 0 Å². The fraction of sp³-hybridized carbons (Fsp3) is 0.133. The zero-order valence-corrected chi connectivity index (χ0v) is 10.2. The lowest BCUT2D eigenvalue weighted by molar-refractivity contribution is 0.102. The molecular formula is C15H13FN2O. The van der Waals surface area contributed by atoms with Crippen molar-refractivity contribution < 1.29 is 9.18 Å². The van der Waals surface area contributed by atoms with Crippen molar-refractivity contribution in [1.82, 2.24) is 0 Å². The van der Waals surface area contributed by atoms with Crippen LogP contribution in [0.2, 0.25) is 0 Å². The molecule has 1 heterocycles. The molecule has 2 N–H and O–H groups in total. The topological polar surface area (TPSA) is 41.1 Å². The molecule has 1 aliphatic rings. The lowest BCUT2D eigenvalue weighted by Crippen LogP contribution is -2.11. The van der Waals surface area contributed by atoms with E-state index in [4.69, 9.17) is 0 Å². The van der Waals surface area contributed by atoms with Gasteiger partial charge in [-0.3, -0.25) is 4.79 Å². The van der Waals surface area contributed by atoms with Gasteiger partial charge in [-0.1, -0.05) is 6.07 Å². The minimum absolute atomic E-state index is 0.238. The normalized spacial score (nSPS) is 12.7. The standard InChI is InChI=1S/C15H13FN2O/c16-12-4-1-11(2-5-12)15(19)18-13-6-3-10-7-8-17-14(10)9-13/h1-6,9,17H,7-8H2,(H,18,19). The van der Waals surface area contributed by atoms with Gasteiger partial charge >= 0.3 is 0 Å². The van der Waals surface area contributed by atoms with Crippen LogP contribution in [-0.4, -0.2) is 12.5 Å². The molecule has 0 fully saturated rings. The third-order valence-electron chi connectivity index (χ3n) is 3.18. The second kappa shape index (κ2) is 4.72. The maximum absolute atomic E-state index is 12.8. The maximum atomic E-state index is 12.8. The summed E-state index contributed by atoms with van der Waals surface area (Å²) in [6.45, 7) is 0.935. The Hall–Kier alpha value is -2.36. The number of benzene rings is 2. The lowest BCUT2D eigenvalue weighted by atomic mass is 10.1. The predicted octanol–water partition coefficient (Wildman–Crippen LogP) is 3.05. The molecule has 2 aromatic carbocycles. The van der Waals surface area contributed by atoms with Gasteiger partial charge in [0, 0.05) is 23.5 Å². The van der Waals surface area contributed by atoms with E-state index in [-0.39, 0.29) is 11.7 Å². The fourth-order valence-electron chi connectivity index (χ4n) is 2.17. The Kier molecular flexibility index (Phi) is 2.91. The van der Waals surface area contributed by atoms with Gasteiger partial charge < -0.3 is 10.6 Å². The average Bonchev–Trinajstić information content (AvgIpc) is 2.87. The van der Waals surface area contributed by atoms with Gasteiger partial charge in [0.25, 0.3) is 5.91 Å². The SMILES string of the molecule is O=C(Nc1ccc2c(c1)NCC2)c1ccc(F)cc1. The van der Waals surface area contributed by atoms with Crippen molar-refractivity contribution in [2.75, 3.05) is 17.2 Å². The molecule has 4 heteroatoms. The smallest absolute Gasteiger partial charge is 0.255 e. The van der Waals surface area contributed by atoms with Crippen LogP contribution >= 0.6 is 0 Å². The van der Waals surface area contributed by atoms with Crippen LogP contribution in [0.4, 0.5) is 15.8 Å². The van der Waals surface area contributed by atoms with Crippen molar-refractivity contribution >= 4 is 17.3 Å². The number of anilines is 2. The molecule has 2 aromatic rings. The third kappa shape index (κ3) is 2.42. The Morgan fingerprint density at radius 3 is 2.74 bits per heavy atom. The molecule has 96 valence electrons. The zero-order chi connectivity index (χ0) is 13.2. The number of hydrogen-bond acceptors (Lipinski definition) is 2. The number of carbonyl (C=O) groups is 1. The van der Waals surface area contributed by atoms with Crippen molar-refractivity contribution in [1.29, 1.82) is 0 Å². The van der Waals surface area contributed by atoms with Crippen LogP contribution in [0.25, 0.3) is 0 Å². The van der Waals surface area contributed by atoms with E-state index in [1.165, 1.54) is 29.8 Å². The Morgan fingerprint density at radius 1 is 1.16 bits per heavy atom. The Bertz CT molecular complexity index is 623. The molecule has 0 saturated carbocycles. The summed E-state index contributed by atoms with van der Waals surface area (Å²) < 4.78 is 12.8. The molecule has 0 spiro atoms. The van der Waals surface area contributed by atoms with E-state index >= 15 is 0 Å². The number of halogens is 1. The van der Waals surface area contributed by atoms with Crippen LogP contribution < -0.4 is 10.6 Å². The average molecular weight is 256 g/mol. The van der Waals surface area contributed by atoms with E-state index in [0.29, 0.717) is 5.56 Å². The minimum atomic E-state index is -0.349. The molecule has 0 aromatic heterocycles. The highest BCUT2D eigenvalue weighted by molar-refractivity contribution is 6.04. The Balaban J connectivity index is 1.77. The maximum Gasteiger partial charge on any atom is 0.255 e. The van der Waals surface area contributed by atoms with Crippen LogP contribution in [-0.2, 0) is 6.42 Å². The van der Waals surface area contributed by atoms with Gasteiger partial charge in [-0.05, 0) is 48.4 Å². The summed E-state index contributed by atoms with van der Waals surface area (Å²) in [5.41, 5.74) is 3.51. The summed E-state index contributed by atoms with van der Waals surface area (Å²) in [4.78, 5) is 12.0. The van der Waals surface area contributed by atoms with Crippen LogP contribution in [0, 0.1) is 5.82 Å². The monoisotopic (exact) mass is 256 g/mol. The first-order valence-electron chi connectivity index (χ1n) is 6.16. The summed E-state index contributed by atoms with van der Waals surface area (Å²) in [5, 5.41) is 6.07. The molecule has 3 rings (SSSR count). The summed E-state index contributed by atoms with van der Waals surface area (Å²) in [6, 6.07) is 11.3. The highest BCUT2D eigenvalue weighted by Crippen LogP contribution is 2.25. The summed E-state index contributed by atoms with van der Waals surface area (Å²) in [5.74, 6) is -0.587. The summed E-state index contributed by atoms with van der Waals surface area (Å²) in [7, 11) is 0. The quantitative estimate of drug-likeness (QED) is 0.867. The minimum Gasteiger partial charge on any atom is -0.384 e. The Labute approximate surface area is 110 Å². The molecule has 0 atom stereocenters. The molecule has 19 heavy (non-hydrogen) atoms. The summed E-state index contributed by atoms with van der Waals surface area (Å²) in [6.07, 6.45) is 1.02. The molecule has 0 unspecified atom stereocenters. The predicted molar refractivity (Wildman–Crippen MR) is 73.0 cm³/mol. The molecule has 0 bridgehead atoms. The fourth-order valence-corrected chi connectivity index (χ4v) is 2.17. The van der Waals surface area contributed by atoms with Gasteiger partial charge in [0.2, 0.25) is 0 Å². The van der Waals surface area contributed by atoms with E-state index in [1.807, 2.05) is 18.2 Å². The summed E-state index contributed by atoms with van der Waals surface area (Å²) >= 11 is 0. The number of carbonyl (C=O) groups excluding carboxylic acids is 1. The van der Waals surface area contributed by atoms with Gasteiger partial charge in [-0.15, -0.1) is 0 Å². The molecule has 0 saturated heterocycles. The van der Waals surface area contributed by atoms with Crippen molar-refractivity contribution in [3.8, 4) is 0 Å². The van der Waals surface area contributed by atoms with E-state index < -0.39 is 0 Å². The van der Waals surface area contributed by atoms with Crippen LogP contribution in [0.15, 0.2) is 42.5 Å². The molecule has 3 nitrogen and oxygen atoms in total. The van der Waals surface area contributed by atoms with Crippen molar-refractivity contribution in [3.05, 3.63) is 59.4 Å². The second-order valence-corrected chi connectivity index (χ2v) is 4.51. The molecule has 1 amide bonds. The first-order chi connectivity index (χ1) is 9.22. The van der Waals surface area contributed by atoms with Gasteiger partial charge in [0.15, 0.2) is 0 Å². The largest absolute Gasteiger partial charge is 0.384 e. The number of nitrogens with one attached hydrogen (secondary N) is 2. The number of rotatable bonds is 2. The van der Waals surface area contributed by atoms with E-state index in [1.54, 1.807) is 0 Å². The van der Waals surface area contributed by atoms with Gasteiger partial charge in [0.1, 0.15) is 5.82 Å². The highest BCUT2D eigenvalue weighted by Gasteiger charge is 2.11. The van der Waals surface area contributed by atoms with Gasteiger partial charge in [-0.2, -0.15) is 0 Å². The lowest BCUT2D eigenvalue weighted by Gasteiger charge is -2.07. The number of hydrogen-bond donors (Lipinski definition) is 2. The first-order valence-corrected chi connectivity index (χ1v) is 6.16. The van der Waals surface area contributed by atoms with Crippen LogP contribution in [0.3, 0.4) is 0 Å². The van der Waals surface area contributed by atoms with Gasteiger partial charge in [0.05, 0.1) is 0 Å². The zero-order valence-electron chi connectivity index (χ0n) is 10.2. The highest BCUT2D eigenvalue weighted by atomic mass is 19.1. The molecular weight excluding hydrogens is 243 g/mol. The number of fused-ring (bicyclic) bond motifs is 1. The van der Waals surface area contributed by atoms with Crippen LogP contribution in [0.5, 0.6) is 0 Å². The van der Waals surface area contributed by atoms with Crippen LogP contribution in [0.1, 0.15) is 15.9 Å².